The van der Waals surface area contributed by atoms with E-state index in [9.17, 15) is 13.2 Å². The van der Waals surface area contributed by atoms with Gasteiger partial charge in [-0.3, -0.25) is 4.79 Å². The number of aromatic nitrogens is 1. The van der Waals surface area contributed by atoms with E-state index in [0.29, 0.717) is 5.69 Å². The number of nitrogens with one attached hydrogen (secondary N) is 1. The number of nitrogens with two attached hydrogens (primary N) is 1. The number of amides is 1. The molecule has 0 saturated carbocycles. The number of rotatable bonds is 6. The zero-order valence-electron chi connectivity index (χ0n) is 14.3. The predicted octanol–water partition coefficient (Wildman–Crippen LogP) is 3.58. The summed E-state index contributed by atoms with van der Waals surface area (Å²) in [5.74, 6) is -0.195. The van der Waals surface area contributed by atoms with Gasteiger partial charge in [-0.25, -0.2) is 18.5 Å². The molecule has 2 aromatic carbocycles. The number of carbonyl (C=O) groups is 1. The largest absolute Gasteiger partial charge is 0.325 e. The summed E-state index contributed by atoms with van der Waals surface area (Å²) < 4.78 is 23.3. The number of benzene rings is 2. The topological polar surface area (TPSA) is 102 Å². The first-order chi connectivity index (χ1) is 12.8. The Hall–Kier alpha value is -2.20. The minimum Gasteiger partial charge on any atom is -0.325 e. The van der Waals surface area contributed by atoms with Gasteiger partial charge in [-0.15, -0.1) is 11.3 Å². The maximum absolute atomic E-state index is 12.4. The summed E-state index contributed by atoms with van der Waals surface area (Å²) in [4.78, 5) is 16.9. The van der Waals surface area contributed by atoms with Crippen molar-refractivity contribution < 1.29 is 13.2 Å². The number of primary sulfonamides is 1. The number of hydrogen-bond acceptors (Lipinski definition) is 6. The molecular weight excluding hydrogens is 402 g/mol. The van der Waals surface area contributed by atoms with E-state index in [2.05, 4.69) is 10.3 Å². The van der Waals surface area contributed by atoms with Crippen LogP contribution in [0.1, 0.15) is 6.92 Å². The summed E-state index contributed by atoms with van der Waals surface area (Å²) in [6.45, 7) is 1.79. The van der Waals surface area contributed by atoms with Crippen LogP contribution < -0.4 is 10.5 Å². The fraction of sp³-hybridized carbons (Fsp3) is 0.111. The van der Waals surface area contributed by atoms with Gasteiger partial charge in [-0.2, -0.15) is 0 Å². The Morgan fingerprint density at radius 1 is 1.15 bits per heavy atom. The van der Waals surface area contributed by atoms with E-state index < -0.39 is 10.0 Å². The molecule has 1 heterocycles. The predicted molar refractivity (Wildman–Crippen MR) is 109 cm³/mol. The number of carbonyl (C=O) groups excluding carboxylic acids is 1. The molecule has 0 bridgehead atoms. The van der Waals surface area contributed by atoms with Crippen LogP contribution in [0.15, 0.2) is 69.2 Å². The monoisotopic (exact) mass is 419 g/mol. The number of thiazole rings is 1. The van der Waals surface area contributed by atoms with Gasteiger partial charge < -0.3 is 5.32 Å². The number of sulfonamides is 1. The van der Waals surface area contributed by atoms with E-state index in [1.54, 1.807) is 6.92 Å². The first kappa shape index (κ1) is 19.6. The van der Waals surface area contributed by atoms with Crippen LogP contribution in [0.25, 0.3) is 11.3 Å². The minimum absolute atomic E-state index is 0.000788. The van der Waals surface area contributed by atoms with Gasteiger partial charge in [0.1, 0.15) is 0 Å². The molecule has 0 spiro atoms. The first-order valence-corrected chi connectivity index (χ1v) is 11.2. The van der Waals surface area contributed by atoms with E-state index in [4.69, 9.17) is 5.14 Å². The fourth-order valence-corrected chi connectivity index (χ4v) is 4.72. The van der Waals surface area contributed by atoms with Crippen molar-refractivity contribution in [1.82, 2.24) is 4.98 Å². The third-order valence-corrected chi connectivity index (χ3v) is 6.65. The van der Waals surface area contributed by atoms with Gasteiger partial charge in [0.05, 0.1) is 15.8 Å². The van der Waals surface area contributed by atoms with Crippen LogP contribution in [0.3, 0.4) is 0 Å². The molecule has 0 aliphatic heterocycles. The van der Waals surface area contributed by atoms with Gasteiger partial charge in [0.15, 0.2) is 4.34 Å². The van der Waals surface area contributed by atoms with E-state index in [1.165, 1.54) is 47.4 Å². The Bertz CT molecular complexity index is 1030. The molecule has 1 aromatic heterocycles. The summed E-state index contributed by atoms with van der Waals surface area (Å²) >= 11 is 2.87. The van der Waals surface area contributed by atoms with E-state index in [0.717, 1.165) is 15.6 Å². The van der Waals surface area contributed by atoms with Crippen LogP contribution in [0.5, 0.6) is 0 Å². The molecular formula is C18H17N3O3S3. The van der Waals surface area contributed by atoms with Crippen molar-refractivity contribution in [2.45, 2.75) is 21.4 Å². The number of hydrogen-bond donors (Lipinski definition) is 2. The molecule has 9 heteroatoms. The second-order valence-electron chi connectivity index (χ2n) is 5.68. The zero-order chi connectivity index (χ0) is 19.4. The minimum atomic E-state index is -3.75. The molecule has 0 radical (unpaired) electrons. The molecule has 140 valence electrons. The molecule has 3 N–H and O–H groups in total. The Morgan fingerprint density at radius 2 is 1.81 bits per heavy atom. The standard InChI is InChI=1S/C18H17N3O3S3/c1-12(17(22)20-14-7-9-15(10-8-14)27(19,23)24)26-18-21-16(11-25-18)13-5-3-2-4-6-13/h2-12H,1H3,(H,20,22)(H2,19,23,24)/t12-/m1/s1. The van der Waals surface area contributed by atoms with E-state index >= 15 is 0 Å². The molecule has 0 unspecified atom stereocenters. The summed E-state index contributed by atoms with van der Waals surface area (Å²) in [7, 11) is -3.75. The lowest BCUT2D eigenvalue weighted by atomic mass is 10.2. The second kappa shape index (κ2) is 8.22. The SMILES string of the molecule is C[C@@H](Sc1nc(-c2ccccc2)cs1)C(=O)Nc1ccc(S(N)(=O)=O)cc1. The molecule has 0 saturated heterocycles. The van der Waals surface area contributed by atoms with E-state index in [-0.39, 0.29) is 16.1 Å². The number of anilines is 1. The zero-order valence-corrected chi connectivity index (χ0v) is 16.8. The van der Waals surface area contributed by atoms with Crippen molar-refractivity contribution in [3.05, 3.63) is 60.0 Å². The Kier molecular flexibility index (Phi) is 5.95. The van der Waals surface area contributed by atoms with Crippen LogP contribution in [-0.2, 0) is 14.8 Å². The van der Waals surface area contributed by atoms with Gasteiger partial charge in [0, 0.05) is 16.6 Å². The highest BCUT2D eigenvalue weighted by atomic mass is 32.2. The summed E-state index contributed by atoms with van der Waals surface area (Å²) in [6.07, 6.45) is 0. The van der Waals surface area contributed by atoms with Gasteiger partial charge in [-0.1, -0.05) is 42.1 Å². The lowest BCUT2D eigenvalue weighted by molar-refractivity contribution is -0.115. The van der Waals surface area contributed by atoms with Gasteiger partial charge in [0.25, 0.3) is 0 Å². The quantitative estimate of drug-likeness (QED) is 0.595. The number of nitrogens with zero attached hydrogens (tertiary/aromatic N) is 1. The van der Waals surface area contributed by atoms with Crippen molar-refractivity contribution in [1.29, 1.82) is 0 Å². The lowest BCUT2D eigenvalue weighted by Crippen LogP contribution is -2.22. The molecule has 0 aliphatic carbocycles. The molecule has 6 nitrogen and oxygen atoms in total. The van der Waals surface area contributed by atoms with Gasteiger partial charge in [-0.05, 0) is 31.2 Å². The summed E-state index contributed by atoms with van der Waals surface area (Å²) in [5.41, 5.74) is 2.42. The Morgan fingerprint density at radius 3 is 2.44 bits per heavy atom. The number of thioether (sulfide) groups is 1. The van der Waals surface area contributed by atoms with Crippen molar-refractivity contribution in [3.63, 3.8) is 0 Å². The van der Waals surface area contributed by atoms with Gasteiger partial charge >= 0.3 is 0 Å². The Balaban J connectivity index is 1.62. The van der Waals surface area contributed by atoms with Crippen molar-refractivity contribution in [2.24, 2.45) is 5.14 Å². The highest BCUT2D eigenvalue weighted by Crippen LogP contribution is 2.31. The van der Waals surface area contributed by atoms with Crippen LogP contribution in [-0.4, -0.2) is 24.6 Å². The van der Waals surface area contributed by atoms with Crippen molar-refractivity contribution in [3.8, 4) is 11.3 Å². The average molecular weight is 420 g/mol. The summed E-state index contributed by atoms with van der Waals surface area (Å²) in [6, 6.07) is 15.6. The highest BCUT2D eigenvalue weighted by molar-refractivity contribution is 8.02. The first-order valence-electron chi connectivity index (χ1n) is 7.94. The Labute approximate surface area is 165 Å². The molecule has 1 amide bonds. The lowest BCUT2D eigenvalue weighted by Gasteiger charge is -2.10. The fourth-order valence-electron chi connectivity index (χ4n) is 2.23. The highest BCUT2D eigenvalue weighted by Gasteiger charge is 2.17. The third-order valence-electron chi connectivity index (χ3n) is 3.65. The normalized spacial score (nSPS) is 12.5. The summed E-state index contributed by atoms with van der Waals surface area (Å²) in [5, 5.41) is 9.43. The van der Waals surface area contributed by atoms with Crippen LogP contribution in [0, 0.1) is 0 Å². The second-order valence-corrected chi connectivity index (χ2v) is 9.69. The van der Waals surface area contributed by atoms with Crippen molar-refractivity contribution >= 4 is 44.7 Å². The van der Waals surface area contributed by atoms with E-state index in [1.807, 2.05) is 35.7 Å². The van der Waals surface area contributed by atoms with Gasteiger partial charge in [0.2, 0.25) is 15.9 Å². The van der Waals surface area contributed by atoms with Crippen LogP contribution in [0.4, 0.5) is 5.69 Å². The maximum atomic E-state index is 12.4. The molecule has 0 fully saturated rings. The molecule has 27 heavy (non-hydrogen) atoms. The maximum Gasteiger partial charge on any atom is 0.238 e. The average Bonchev–Trinajstić information content (AvgIpc) is 3.10. The molecule has 3 aromatic rings. The smallest absolute Gasteiger partial charge is 0.238 e. The third kappa shape index (κ3) is 5.16. The molecule has 1 atom stereocenters. The van der Waals surface area contributed by atoms with Crippen LogP contribution >= 0.6 is 23.1 Å². The molecule has 3 rings (SSSR count). The van der Waals surface area contributed by atoms with Crippen molar-refractivity contribution in [2.75, 3.05) is 5.32 Å². The molecule has 0 aliphatic rings. The van der Waals surface area contributed by atoms with Crippen LogP contribution in [0.2, 0.25) is 0 Å².